The highest BCUT2D eigenvalue weighted by molar-refractivity contribution is 5.88. The van der Waals surface area contributed by atoms with Crippen molar-refractivity contribution in [3.63, 3.8) is 0 Å². The fraction of sp³-hybridized carbons (Fsp3) is 0.765. The number of carbonyl (C=O) groups is 3. The predicted molar refractivity (Wildman–Crippen MR) is 85.9 cm³/mol. The molecule has 1 aliphatic rings. The molecular weight excluding hydrogens is 312 g/mol. The van der Waals surface area contributed by atoms with Gasteiger partial charge in [0.25, 0.3) is 0 Å². The zero-order valence-corrected chi connectivity index (χ0v) is 14.8. The SMILES string of the molecule is CCOC(=O)C(C#N)CC(=O)C1CCCN(C(=O)OC(C)(C)C)C1. The Labute approximate surface area is 142 Å². The van der Waals surface area contributed by atoms with Crippen LogP contribution in [0.1, 0.15) is 47.0 Å². The first-order valence-electron chi connectivity index (χ1n) is 8.24. The third-order valence-corrected chi connectivity index (χ3v) is 3.66. The van der Waals surface area contributed by atoms with Gasteiger partial charge in [0.2, 0.25) is 0 Å². The molecule has 0 aromatic carbocycles. The van der Waals surface area contributed by atoms with Crippen LogP contribution in [0.5, 0.6) is 0 Å². The van der Waals surface area contributed by atoms with Crippen LogP contribution in [0.4, 0.5) is 4.79 Å². The summed E-state index contributed by atoms with van der Waals surface area (Å²) in [5, 5.41) is 9.05. The van der Waals surface area contributed by atoms with E-state index in [2.05, 4.69) is 0 Å². The Morgan fingerprint density at radius 1 is 1.33 bits per heavy atom. The average molecular weight is 338 g/mol. The van der Waals surface area contributed by atoms with Crippen LogP contribution in [-0.2, 0) is 19.1 Å². The number of amides is 1. The highest BCUT2D eigenvalue weighted by Crippen LogP contribution is 2.22. The molecule has 0 aromatic rings. The van der Waals surface area contributed by atoms with Crippen molar-refractivity contribution in [2.24, 2.45) is 11.8 Å². The van der Waals surface area contributed by atoms with Crippen molar-refractivity contribution in [2.45, 2.75) is 52.6 Å². The van der Waals surface area contributed by atoms with Gasteiger partial charge in [0.05, 0.1) is 12.7 Å². The van der Waals surface area contributed by atoms with E-state index in [0.717, 1.165) is 0 Å². The molecule has 1 amide bonds. The molecule has 7 nitrogen and oxygen atoms in total. The minimum atomic E-state index is -1.09. The third kappa shape index (κ3) is 6.19. The Morgan fingerprint density at radius 2 is 2.00 bits per heavy atom. The van der Waals surface area contributed by atoms with Crippen molar-refractivity contribution >= 4 is 17.8 Å². The molecule has 1 aliphatic heterocycles. The first kappa shape index (κ1) is 19.9. The first-order valence-corrected chi connectivity index (χ1v) is 8.24. The molecule has 1 fully saturated rings. The second kappa shape index (κ2) is 8.67. The second-order valence-corrected chi connectivity index (χ2v) is 6.87. The van der Waals surface area contributed by atoms with Gasteiger partial charge in [0.15, 0.2) is 5.92 Å². The summed E-state index contributed by atoms with van der Waals surface area (Å²) in [6.45, 7) is 7.97. The standard InChI is InChI=1S/C17H26N2O5/c1-5-23-15(21)13(10-18)9-14(20)12-7-6-8-19(11-12)16(22)24-17(2,3)4/h12-13H,5-9,11H2,1-4H3. The molecule has 7 heteroatoms. The van der Waals surface area contributed by atoms with E-state index in [-0.39, 0.29) is 31.3 Å². The van der Waals surface area contributed by atoms with E-state index in [1.165, 1.54) is 4.90 Å². The summed E-state index contributed by atoms with van der Waals surface area (Å²) in [6.07, 6.45) is 0.704. The second-order valence-electron chi connectivity index (χ2n) is 6.87. The normalized spacial score (nSPS) is 19.1. The van der Waals surface area contributed by atoms with E-state index < -0.39 is 23.6 Å². The number of nitriles is 1. The molecule has 0 N–H and O–H groups in total. The van der Waals surface area contributed by atoms with Gasteiger partial charge in [-0.1, -0.05) is 0 Å². The van der Waals surface area contributed by atoms with E-state index in [4.69, 9.17) is 14.7 Å². The largest absolute Gasteiger partial charge is 0.465 e. The Hall–Kier alpha value is -2.10. The first-order chi connectivity index (χ1) is 11.2. The molecular formula is C17H26N2O5. The van der Waals surface area contributed by atoms with Crippen LogP contribution in [0.3, 0.4) is 0 Å². The lowest BCUT2D eigenvalue weighted by atomic mass is 9.89. The molecule has 0 aromatic heterocycles. The lowest BCUT2D eigenvalue weighted by Gasteiger charge is -2.33. The predicted octanol–water partition coefficient (Wildman–Crippen LogP) is 2.30. The number of ether oxygens (including phenoxy) is 2. The van der Waals surface area contributed by atoms with Gasteiger partial charge < -0.3 is 14.4 Å². The van der Waals surface area contributed by atoms with Crippen LogP contribution in [0, 0.1) is 23.2 Å². The van der Waals surface area contributed by atoms with Gasteiger partial charge in [-0.05, 0) is 40.5 Å². The van der Waals surface area contributed by atoms with Crippen LogP contribution < -0.4 is 0 Å². The monoisotopic (exact) mass is 338 g/mol. The fourth-order valence-electron chi connectivity index (χ4n) is 2.52. The molecule has 134 valence electrons. The molecule has 1 heterocycles. The van der Waals surface area contributed by atoms with Gasteiger partial charge in [0.1, 0.15) is 11.4 Å². The summed E-state index contributed by atoms with van der Waals surface area (Å²) in [5.41, 5.74) is -0.593. The van der Waals surface area contributed by atoms with Gasteiger partial charge in [-0.25, -0.2) is 4.79 Å². The van der Waals surface area contributed by atoms with Crippen molar-refractivity contribution in [1.82, 2.24) is 4.90 Å². The zero-order chi connectivity index (χ0) is 18.3. The molecule has 0 bridgehead atoms. The number of piperidine rings is 1. The lowest BCUT2D eigenvalue weighted by Crippen LogP contribution is -2.45. The Kier molecular flexibility index (Phi) is 7.20. The van der Waals surface area contributed by atoms with Gasteiger partial charge in [0, 0.05) is 25.4 Å². The van der Waals surface area contributed by atoms with E-state index in [1.807, 2.05) is 6.07 Å². The Bertz CT molecular complexity index is 518. The number of carbonyl (C=O) groups excluding carboxylic acids is 3. The van der Waals surface area contributed by atoms with Gasteiger partial charge in [-0.3, -0.25) is 9.59 Å². The topological polar surface area (TPSA) is 96.7 Å². The molecule has 1 rings (SSSR count). The Morgan fingerprint density at radius 3 is 2.54 bits per heavy atom. The molecule has 24 heavy (non-hydrogen) atoms. The molecule has 0 spiro atoms. The summed E-state index contributed by atoms with van der Waals surface area (Å²) < 4.78 is 10.1. The Balaban J connectivity index is 2.63. The number of rotatable bonds is 5. The minimum absolute atomic E-state index is 0.168. The minimum Gasteiger partial charge on any atom is -0.465 e. The number of hydrogen-bond donors (Lipinski definition) is 0. The third-order valence-electron chi connectivity index (χ3n) is 3.66. The smallest absolute Gasteiger partial charge is 0.410 e. The van der Waals surface area contributed by atoms with E-state index in [0.29, 0.717) is 19.4 Å². The summed E-state index contributed by atoms with van der Waals surface area (Å²) in [7, 11) is 0. The van der Waals surface area contributed by atoms with Crippen LogP contribution in [0.2, 0.25) is 0 Å². The quantitative estimate of drug-likeness (QED) is 0.714. The maximum absolute atomic E-state index is 12.4. The highest BCUT2D eigenvalue weighted by atomic mass is 16.6. The van der Waals surface area contributed by atoms with Crippen molar-refractivity contribution in [2.75, 3.05) is 19.7 Å². The van der Waals surface area contributed by atoms with E-state index >= 15 is 0 Å². The molecule has 0 saturated carbocycles. The fourth-order valence-corrected chi connectivity index (χ4v) is 2.52. The molecule has 0 radical (unpaired) electrons. The number of Topliss-reactive ketones (excluding diaryl/α,β-unsaturated/α-hetero) is 1. The number of ketones is 1. The van der Waals surface area contributed by atoms with Gasteiger partial charge in [-0.2, -0.15) is 5.26 Å². The van der Waals surface area contributed by atoms with Crippen molar-refractivity contribution in [3.05, 3.63) is 0 Å². The van der Waals surface area contributed by atoms with Crippen LogP contribution in [0.25, 0.3) is 0 Å². The average Bonchev–Trinajstić information content (AvgIpc) is 2.51. The maximum Gasteiger partial charge on any atom is 0.410 e. The van der Waals surface area contributed by atoms with E-state index in [9.17, 15) is 14.4 Å². The van der Waals surface area contributed by atoms with Crippen LogP contribution in [0.15, 0.2) is 0 Å². The molecule has 2 unspecified atom stereocenters. The van der Waals surface area contributed by atoms with Crippen molar-refractivity contribution in [3.8, 4) is 6.07 Å². The summed E-state index contributed by atoms with van der Waals surface area (Å²) >= 11 is 0. The summed E-state index contributed by atoms with van der Waals surface area (Å²) in [6, 6.07) is 1.82. The zero-order valence-electron chi connectivity index (χ0n) is 14.8. The number of esters is 1. The summed E-state index contributed by atoms with van der Waals surface area (Å²) in [4.78, 5) is 37.7. The number of nitrogens with zero attached hydrogens (tertiary/aromatic N) is 2. The maximum atomic E-state index is 12.4. The lowest BCUT2D eigenvalue weighted by molar-refractivity contribution is -0.148. The highest BCUT2D eigenvalue weighted by Gasteiger charge is 2.33. The summed E-state index contributed by atoms with van der Waals surface area (Å²) in [5.74, 6) is -2.33. The number of likely N-dealkylation sites (tertiary alicyclic amines) is 1. The van der Waals surface area contributed by atoms with Gasteiger partial charge >= 0.3 is 12.1 Å². The molecule has 1 saturated heterocycles. The van der Waals surface area contributed by atoms with Crippen LogP contribution >= 0.6 is 0 Å². The van der Waals surface area contributed by atoms with Crippen molar-refractivity contribution in [1.29, 1.82) is 5.26 Å². The van der Waals surface area contributed by atoms with Gasteiger partial charge in [-0.15, -0.1) is 0 Å². The number of hydrogen-bond acceptors (Lipinski definition) is 6. The van der Waals surface area contributed by atoms with E-state index in [1.54, 1.807) is 27.7 Å². The molecule has 2 atom stereocenters. The van der Waals surface area contributed by atoms with Crippen LogP contribution in [-0.4, -0.2) is 48.0 Å². The van der Waals surface area contributed by atoms with Crippen molar-refractivity contribution < 1.29 is 23.9 Å². The molecule has 0 aliphatic carbocycles.